The molecule has 2 aliphatic rings. The molecule has 0 bridgehead atoms. The summed E-state index contributed by atoms with van der Waals surface area (Å²) in [5.74, 6) is 3.90. The van der Waals surface area contributed by atoms with Crippen LogP contribution in [0.2, 0.25) is 0 Å². The molecule has 0 aromatic carbocycles. The molecule has 2 heterocycles. The summed E-state index contributed by atoms with van der Waals surface area (Å²) in [5.41, 5.74) is 0. The minimum atomic E-state index is -3.55. The van der Waals surface area contributed by atoms with Gasteiger partial charge in [-0.1, -0.05) is 77.9 Å². The van der Waals surface area contributed by atoms with Gasteiger partial charge in [0.05, 0.1) is 48.1 Å². The van der Waals surface area contributed by atoms with Crippen molar-refractivity contribution in [1.29, 1.82) is 0 Å². The van der Waals surface area contributed by atoms with Crippen LogP contribution < -0.4 is 0 Å². The molecular formula is C71H135N2O26S22Y21. The first kappa shape index (κ1) is 248. The Morgan fingerprint density at radius 1 is 0.380 bits per heavy atom. The fourth-order valence-electron chi connectivity index (χ4n) is 8.08. The Bertz CT molecular complexity index is 3900. The fourth-order valence-corrected chi connectivity index (χ4v) is 29.0. The van der Waals surface area contributed by atoms with E-state index in [0.717, 1.165) is 26.0 Å². The maximum absolute atomic E-state index is 13.1. The predicted molar refractivity (Wildman–Crippen MR) is 539 cm³/mol. The van der Waals surface area contributed by atoms with Gasteiger partial charge in [-0.05, 0) is 143 Å². The molecule has 8 atom stereocenters. The van der Waals surface area contributed by atoms with Crippen LogP contribution in [0.5, 0.6) is 0 Å². The van der Waals surface area contributed by atoms with E-state index in [1.165, 1.54) is 196 Å². The van der Waals surface area contributed by atoms with Gasteiger partial charge in [-0.2, -0.15) is 134 Å². The molecular weight excluding hydrogens is 3870 g/mol. The van der Waals surface area contributed by atoms with Crippen molar-refractivity contribution in [2.45, 2.75) is 184 Å². The minimum absolute atomic E-state index is 0. The van der Waals surface area contributed by atoms with E-state index in [-0.39, 0.29) is 746 Å². The molecule has 2 fully saturated rings. The van der Waals surface area contributed by atoms with Gasteiger partial charge in [-0.25, -0.2) is 50.9 Å². The number of nitrogens with zero attached hydrogens (tertiary/aromatic N) is 2. The number of carbonyl (C=O) groups excluding carboxylic acids is 6. The third-order valence-corrected chi connectivity index (χ3v) is 39.4. The van der Waals surface area contributed by atoms with Crippen LogP contribution in [0.15, 0.2) is 43.3 Å². The van der Waals surface area contributed by atoms with E-state index in [4.69, 9.17) is 0 Å². The molecule has 2 saturated heterocycles. The molecule has 142 heavy (non-hydrogen) atoms. The Kier molecular flexibility index (Phi) is 283. The first-order valence-corrected chi connectivity index (χ1v) is 67.7. The molecule has 6 unspecified atom stereocenters. The number of amides is 4. The van der Waals surface area contributed by atoms with Gasteiger partial charge in [0.1, 0.15) is 12.1 Å². The van der Waals surface area contributed by atoms with Crippen molar-refractivity contribution in [3.05, 3.63) is 81.3 Å². The number of hydrogen-bond donors (Lipinski definition) is 0. The molecule has 0 aromatic rings. The number of thioether (sulfide) groups is 12. The standard InChI is InChI=1S/C20H28N2O6S2.C10H22O4S4.C10H18O4S4.C6H13O2S2.C6H11O2S2.C5H11O2S2.C3H7O2S2.C3H5O2S2.C2H5O2S2.3C2H5.21Y/c1-5-7-11(23)17(21-15(25)9-13(29-3)19(21)27)18(12(24)8-6-2)22-16(26)10-14(30-4)20(22)28;2*1-9(17(11,12)7-5-15-3)10(2)18(13,14)8-6-16-4;2*1-3-5-10(7,8)6-4-9-2;1-3-4-9(6,7)5-8-2;2*1-6-2-3-7(4)5;1-5-2-6(3)4;3*1-2;;;;;;;;;;;;;;;;;;;;;/h13-14,17-18H,5-10H2,1-4H3;9-10H,5-8H2,1-4H3;5-10H,1-4H3;5H,3-4,6H2,1-2H3;4-6H,3H2,1-2H3;4H,3,5H2,1-2H3;2-3H2,1H3;2-3H,1H3;2H2,1H3;3*1H2,2H3;;;;;;;;;;;;;;;;;;;;;/q;;;9*-1;;;;;;;;;;;;;;;;;;;3*+3/b;;7-5+,8-6+;;6-4+;;;3-2+;;;;;;;;;;;;;;;;;;;;;;;;;/t;2*9-,10?;;;;;;;;;;;;;;;;;;;;;;;;;;;;;;/m.11............................../s1. The van der Waals surface area contributed by atoms with Crippen LogP contribution in [0, 0.1) is 38.0 Å². The van der Waals surface area contributed by atoms with E-state index >= 15 is 0 Å². The summed E-state index contributed by atoms with van der Waals surface area (Å²) in [4.78, 5) is 79.2. The summed E-state index contributed by atoms with van der Waals surface area (Å²) in [7, 11) is -28.2. The Morgan fingerprint density at radius 2 is 0.655 bits per heavy atom. The summed E-state index contributed by atoms with van der Waals surface area (Å²) in [5, 5.41) is 5.88. The van der Waals surface area contributed by atoms with Gasteiger partial charge in [-0.15, -0.1) is 52.5 Å². The first-order chi connectivity index (χ1) is 56.3. The Labute approximate surface area is 1450 Å². The summed E-state index contributed by atoms with van der Waals surface area (Å²) >= 11 is 16.2. The summed E-state index contributed by atoms with van der Waals surface area (Å²) in [6.45, 7) is 29.8. The van der Waals surface area contributed by atoms with Crippen LogP contribution in [0.1, 0.15) is 141 Å². The molecule has 4 amide bonds. The maximum Gasteiger partial charge on any atom is 3.00 e. The zero-order chi connectivity index (χ0) is 97.2. The molecule has 0 aliphatic carbocycles. The molecule has 2 aliphatic heterocycles. The van der Waals surface area contributed by atoms with Crippen molar-refractivity contribution in [2.75, 3.05) is 131 Å². The average molecular weight is 4010 g/mol. The van der Waals surface area contributed by atoms with Crippen LogP contribution >= 0.6 is 141 Å². The second-order valence-electron chi connectivity index (χ2n) is 22.8. The number of carbonyl (C=O) groups is 6. The second kappa shape index (κ2) is 162. The van der Waals surface area contributed by atoms with Crippen molar-refractivity contribution in [2.24, 2.45) is 0 Å². The van der Waals surface area contributed by atoms with Crippen LogP contribution in [0.4, 0.5) is 0 Å². The third-order valence-electron chi connectivity index (χ3n) is 14.2. The summed E-state index contributed by atoms with van der Waals surface area (Å²) in [6, 6.07) is -2.93. The number of Topliss-reactive ketones (excluding diaryl/α,β-unsaturated/α-hetero) is 2. The van der Waals surface area contributed by atoms with Gasteiger partial charge >= 0.3 is 98.1 Å². The minimum Gasteiger partial charge on any atom is -0.424 e. The molecule has 0 saturated carbocycles. The number of hydrogen-bond acceptors (Lipinski definition) is 41. The number of imide groups is 2. The molecule has 0 N–H and O–H groups in total. The normalized spacial score (nSPS) is 13.4. The van der Waals surface area contributed by atoms with E-state index in [2.05, 4.69) is 20.8 Å². The quantitative estimate of drug-likeness (QED) is 0.0310. The molecule has 71 heteroatoms. The fraction of sp³-hybridized carbons (Fsp3) is 0.718. The van der Waals surface area contributed by atoms with E-state index < -0.39 is 180 Å². The van der Waals surface area contributed by atoms with E-state index in [1.54, 1.807) is 103 Å². The first-order valence-electron chi connectivity index (χ1n) is 36.2. The zero-order valence-corrected chi connectivity index (χ0v) is 164. The van der Waals surface area contributed by atoms with Crippen molar-refractivity contribution >= 4 is 277 Å². The number of likely N-dealkylation sites (tertiary alicyclic amines) is 2. The zero-order valence-electron chi connectivity index (χ0n) is 86.1. The average Bonchev–Trinajstić information content (AvgIpc) is 1.60. The Hall–Kier alpha value is 23.5. The largest absolute Gasteiger partial charge is 3.00 e. The second-order valence-corrected chi connectivity index (χ2v) is 52.2. The van der Waals surface area contributed by atoms with Gasteiger partial charge in [0.2, 0.25) is 23.6 Å². The SMILES string of the molecule is CCCC(=O)C(C(C(=O)CCC)N1C(=O)CC(SC)C1=O)N1C(=O)CC(SC)C1=O.CC[CH-]S(=O)(=O)/C=C/SC.CC[CH-]S(=O)(=O)CCSC.CC[CH-]S(=O)(=O)CSC.CS/C=C/S(=O)(=O)C(C)[C@@H](C)S(=O)(=O)/C=C/SC.CS/C=C/[S-](=O)=O.CSCCS(=O)(=O)C(C)[C@@H](C)S(=O)(=O)CCSC.CSCC[S-](=O)=O.CSC[S-](=O)=O.[CH2-]C.[CH2-]C.[CH2-]C.[Y+3].[Y+3].[Y+3].[Y].[Y].[Y].[Y].[Y].[Y].[Y].[Y].[Y].[Y].[Y].[Y].[Y].[Y].[Y].[Y].[Y].[Y]. The third kappa shape index (κ3) is 142. The van der Waals surface area contributed by atoms with E-state index in [9.17, 15) is 113 Å². The summed E-state index contributed by atoms with van der Waals surface area (Å²) < 4.78 is 218. The van der Waals surface area contributed by atoms with Crippen molar-refractivity contribution in [3.8, 4) is 0 Å². The monoisotopic (exact) mass is 4000 g/mol. The van der Waals surface area contributed by atoms with Gasteiger partial charge in [0.25, 0.3) is 0 Å². The van der Waals surface area contributed by atoms with Crippen LogP contribution in [-0.4, -0.2) is 279 Å². The van der Waals surface area contributed by atoms with Crippen LogP contribution in [-0.2, 0) is 842 Å². The van der Waals surface area contributed by atoms with Crippen molar-refractivity contribution in [3.63, 3.8) is 0 Å². The molecule has 18 radical (unpaired) electrons. The summed E-state index contributed by atoms with van der Waals surface area (Å²) in [6.07, 6.45) is 24.0. The molecule has 0 spiro atoms. The molecule has 0 aromatic heterocycles. The maximum atomic E-state index is 13.1. The van der Waals surface area contributed by atoms with Crippen molar-refractivity contribution in [1.82, 2.24) is 9.80 Å². The smallest absolute Gasteiger partial charge is 0.424 e. The topological polar surface area (TPSA) is 450 Å². The molecule has 2 rings (SSSR count). The molecule has 780 valence electrons. The van der Waals surface area contributed by atoms with Crippen LogP contribution in [0.25, 0.3) is 0 Å². The van der Waals surface area contributed by atoms with E-state index in [0.29, 0.717) is 55.1 Å². The van der Waals surface area contributed by atoms with Gasteiger partial charge < -0.3 is 46.0 Å². The van der Waals surface area contributed by atoms with Gasteiger partial charge in [0.15, 0.2) is 50.9 Å². The van der Waals surface area contributed by atoms with Crippen LogP contribution in [0.3, 0.4) is 0 Å². The molecule has 28 nitrogen and oxygen atoms in total. The van der Waals surface area contributed by atoms with Crippen molar-refractivity contribution < 1.29 is 800 Å². The Morgan fingerprint density at radius 3 is 0.852 bits per heavy atom. The number of sulfone groups is 7. The van der Waals surface area contributed by atoms with Gasteiger partial charge in [0, 0.05) is 683 Å². The van der Waals surface area contributed by atoms with Gasteiger partial charge in [-0.3, -0.25) is 63.8 Å². The van der Waals surface area contributed by atoms with E-state index in [1.807, 2.05) is 45.1 Å². The number of ketones is 2. The number of rotatable bonds is 47. The Balaban J connectivity index is -0.0000000342. The predicted octanol–water partition coefficient (Wildman–Crippen LogP) is 14.3.